The lowest BCUT2D eigenvalue weighted by Crippen LogP contribution is -2.02. The van der Waals surface area contributed by atoms with Gasteiger partial charge in [0.25, 0.3) is 0 Å². The minimum atomic E-state index is -0.0861. The Kier molecular flexibility index (Phi) is 6.07. The monoisotopic (exact) mass is 346 g/mol. The molecule has 3 rings (SSSR count). The Balaban J connectivity index is 0.00000243. The number of ketones is 2. The summed E-state index contributed by atoms with van der Waals surface area (Å²) in [5.41, 5.74) is 2.89. The van der Waals surface area contributed by atoms with Crippen LogP contribution in [-0.2, 0) is 0 Å². The average Bonchev–Trinajstić information content (AvgIpc) is 2.64. The van der Waals surface area contributed by atoms with Crippen LogP contribution in [-0.4, -0.2) is 11.6 Å². The third-order valence-electron chi connectivity index (χ3n) is 3.93. The summed E-state index contributed by atoms with van der Waals surface area (Å²) in [7, 11) is 0. The first kappa shape index (κ1) is 19.1. The fourth-order valence-electron chi connectivity index (χ4n) is 2.44. The maximum absolute atomic E-state index is 12.5. The lowest BCUT2D eigenvalue weighted by molar-refractivity contribution is 0.101. The topological polar surface area (TPSA) is 43.4 Å². The van der Waals surface area contributed by atoms with Gasteiger partial charge in [-0.1, -0.05) is 49.4 Å². The summed E-state index contributed by atoms with van der Waals surface area (Å²) in [6, 6.07) is 21.5. The number of hydrogen-bond donors (Lipinski definition) is 0. The van der Waals surface area contributed by atoms with E-state index in [2.05, 4.69) is 0 Å². The van der Waals surface area contributed by atoms with Crippen LogP contribution in [0.25, 0.3) is 0 Å². The largest absolute Gasteiger partial charge is 0.457 e. The van der Waals surface area contributed by atoms with Crippen LogP contribution in [0.15, 0.2) is 72.8 Å². The van der Waals surface area contributed by atoms with E-state index in [4.69, 9.17) is 4.74 Å². The van der Waals surface area contributed by atoms with Gasteiger partial charge in [-0.05, 0) is 50.2 Å². The molecule has 0 aliphatic heterocycles. The van der Waals surface area contributed by atoms with E-state index in [0.29, 0.717) is 22.4 Å². The molecule has 0 saturated heterocycles. The number of Topliss-reactive ketones (excluding diaryl/α,β-unsaturated/α-hetero) is 1. The molecule has 0 atom stereocenters. The fraction of sp³-hybridized carbons (Fsp3) is 0.130. The zero-order chi connectivity index (χ0) is 17.8. The van der Waals surface area contributed by atoms with Crippen molar-refractivity contribution in [3.05, 3.63) is 95.1 Å². The van der Waals surface area contributed by atoms with Gasteiger partial charge in [-0.15, -0.1) is 0 Å². The van der Waals surface area contributed by atoms with Crippen LogP contribution in [0.1, 0.15) is 46.2 Å². The second kappa shape index (κ2) is 8.26. The maximum Gasteiger partial charge on any atom is 0.193 e. The summed E-state index contributed by atoms with van der Waals surface area (Å²) >= 11 is 0. The Hall–Kier alpha value is -3.20. The number of aryl methyl sites for hydroxylation is 1. The molecular weight excluding hydrogens is 324 g/mol. The Bertz CT molecular complexity index is 890. The lowest BCUT2D eigenvalue weighted by Gasteiger charge is -2.07. The summed E-state index contributed by atoms with van der Waals surface area (Å²) in [6.07, 6.45) is 0. The van der Waals surface area contributed by atoms with E-state index in [0.717, 1.165) is 5.75 Å². The number of benzene rings is 3. The minimum Gasteiger partial charge on any atom is -0.457 e. The van der Waals surface area contributed by atoms with Gasteiger partial charge < -0.3 is 4.74 Å². The Morgan fingerprint density at radius 1 is 0.654 bits per heavy atom. The molecule has 0 aromatic heterocycles. The van der Waals surface area contributed by atoms with Crippen molar-refractivity contribution in [2.45, 2.75) is 21.3 Å². The second-order valence-electron chi connectivity index (χ2n) is 5.90. The molecule has 26 heavy (non-hydrogen) atoms. The Morgan fingerprint density at radius 3 is 1.50 bits per heavy atom. The zero-order valence-electron chi connectivity index (χ0n) is 14.2. The molecule has 0 N–H and O–H groups in total. The zero-order valence-corrected chi connectivity index (χ0v) is 14.2. The van der Waals surface area contributed by atoms with Gasteiger partial charge in [0.2, 0.25) is 0 Å². The van der Waals surface area contributed by atoms with E-state index in [9.17, 15) is 9.59 Å². The Labute approximate surface area is 154 Å². The van der Waals surface area contributed by atoms with Gasteiger partial charge in [0.15, 0.2) is 11.6 Å². The first-order valence-corrected chi connectivity index (χ1v) is 8.03. The maximum atomic E-state index is 12.5. The molecule has 0 aliphatic carbocycles. The molecule has 3 heteroatoms. The van der Waals surface area contributed by atoms with Gasteiger partial charge in [-0.2, -0.15) is 0 Å². The third-order valence-corrected chi connectivity index (χ3v) is 3.93. The van der Waals surface area contributed by atoms with Crippen LogP contribution in [0.5, 0.6) is 11.5 Å². The van der Waals surface area contributed by atoms with Crippen molar-refractivity contribution in [2.75, 3.05) is 0 Å². The standard InChI is InChI=1S/C22H18O3.CH4/c1-15-3-11-20(12-4-15)25-21-13-9-19(10-14-21)22(24)18-7-5-17(6-8-18)16(2)23;/h3-14H,1-2H3;1H4. The van der Waals surface area contributed by atoms with Crippen LogP contribution in [0.2, 0.25) is 0 Å². The fourth-order valence-corrected chi connectivity index (χ4v) is 2.44. The Morgan fingerprint density at radius 2 is 1.04 bits per heavy atom. The molecule has 3 aromatic carbocycles. The highest BCUT2D eigenvalue weighted by Gasteiger charge is 2.10. The molecule has 0 spiro atoms. The van der Waals surface area contributed by atoms with E-state index >= 15 is 0 Å². The van der Waals surface area contributed by atoms with Crippen molar-refractivity contribution in [2.24, 2.45) is 0 Å². The van der Waals surface area contributed by atoms with Gasteiger partial charge in [0.05, 0.1) is 0 Å². The van der Waals surface area contributed by atoms with Gasteiger partial charge in [-0.25, -0.2) is 0 Å². The predicted octanol–water partition coefficient (Wildman–Crippen LogP) is 5.86. The molecule has 0 fully saturated rings. The van der Waals surface area contributed by atoms with E-state index < -0.39 is 0 Å². The molecular formula is C23H22O3. The van der Waals surface area contributed by atoms with E-state index in [1.54, 1.807) is 48.5 Å². The first-order chi connectivity index (χ1) is 12.0. The van der Waals surface area contributed by atoms with E-state index in [1.807, 2.05) is 31.2 Å². The summed E-state index contributed by atoms with van der Waals surface area (Å²) in [5.74, 6) is 1.32. The molecule has 0 amide bonds. The molecule has 3 aromatic rings. The van der Waals surface area contributed by atoms with E-state index in [1.165, 1.54) is 12.5 Å². The van der Waals surface area contributed by atoms with Crippen LogP contribution < -0.4 is 4.74 Å². The normalized spacial score (nSPS) is 9.92. The van der Waals surface area contributed by atoms with Crippen LogP contribution >= 0.6 is 0 Å². The third kappa shape index (κ3) is 4.45. The summed E-state index contributed by atoms with van der Waals surface area (Å²) < 4.78 is 5.77. The van der Waals surface area contributed by atoms with Crippen molar-refractivity contribution < 1.29 is 14.3 Å². The van der Waals surface area contributed by atoms with E-state index in [-0.39, 0.29) is 19.0 Å². The summed E-state index contributed by atoms with van der Waals surface area (Å²) in [6.45, 7) is 3.52. The highest BCUT2D eigenvalue weighted by atomic mass is 16.5. The molecule has 3 nitrogen and oxygen atoms in total. The number of ether oxygens (including phenoxy) is 1. The van der Waals surface area contributed by atoms with Gasteiger partial charge in [0, 0.05) is 16.7 Å². The summed E-state index contributed by atoms with van der Waals surface area (Å²) in [4.78, 5) is 23.8. The van der Waals surface area contributed by atoms with Crippen LogP contribution in [0.4, 0.5) is 0 Å². The van der Waals surface area contributed by atoms with Crippen molar-refractivity contribution in [1.29, 1.82) is 0 Å². The second-order valence-corrected chi connectivity index (χ2v) is 5.90. The van der Waals surface area contributed by atoms with Crippen LogP contribution in [0.3, 0.4) is 0 Å². The SMILES string of the molecule is C.CC(=O)c1ccc(C(=O)c2ccc(Oc3ccc(C)cc3)cc2)cc1. The van der Waals surface area contributed by atoms with Gasteiger partial charge >= 0.3 is 0 Å². The smallest absolute Gasteiger partial charge is 0.193 e. The molecule has 0 saturated carbocycles. The summed E-state index contributed by atoms with van der Waals surface area (Å²) in [5, 5.41) is 0. The van der Waals surface area contributed by atoms with Crippen molar-refractivity contribution in [3.8, 4) is 11.5 Å². The molecule has 0 heterocycles. The highest BCUT2D eigenvalue weighted by Crippen LogP contribution is 2.23. The number of carbonyl (C=O) groups excluding carboxylic acids is 2. The molecule has 0 radical (unpaired) electrons. The van der Waals surface area contributed by atoms with Crippen molar-refractivity contribution >= 4 is 11.6 Å². The molecule has 0 unspecified atom stereocenters. The van der Waals surface area contributed by atoms with Crippen LogP contribution in [0, 0.1) is 6.92 Å². The highest BCUT2D eigenvalue weighted by molar-refractivity contribution is 6.09. The minimum absolute atomic E-state index is 0. The van der Waals surface area contributed by atoms with Crippen molar-refractivity contribution in [3.63, 3.8) is 0 Å². The predicted molar refractivity (Wildman–Crippen MR) is 104 cm³/mol. The average molecular weight is 346 g/mol. The van der Waals surface area contributed by atoms with Crippen molar-refractivity contribution in [1.82, 2.24) is 0 Å². The van der Waals surface area contributed by atoms with Gasteiger partial charge in [0.1, 0.15) is 11.5 Å². The molecule has 0 aliphatic rings. The molecule has 132 valence electrons. The number of carbonyl (C=O) groups is 2. The first-order valence-electron chi connectivity index (χ1n) is 8.03. The number of hydrogen-bond acceptors (Lipinski definition) is 3. The number of rotatable bonds is 5. The molecule has 0 bridgehead atoms. The van der Waals surface area contributed by atoms with Gasteiger partial charge in [-0.3, -0.25) is 9.59 Å². The lowest BCUT2D eigenvalue weighted by atomic mass is 10.0. The quantitative estimate of drug-likeness (QED) is 0.544.